The van der Waals surface area contributed by atoms with E-state index in [1.807, 2.05) is 0 Å². The van der Waals surface area contributed by atoms with E-state index in [2.05, 4.69) is 10.4 Å². The number of carbonyl (C=O) groups is 2. The lowest BCUT2D eigenvalue weighted by Gasteiger charge is -2.21. The summed E-state index contributed by atoms with van der Waals surface area (Å²) in [4.78, 5) is 37.5. The number of halogens is 3. The highest BCUT2D eigenvalue weighted by molar-refractivity contribution is 6.06. The van der Waals surface area contributed by atoms with Gasteiger partial charge in [-0.2, -0.15) is 18.3 Å². The Morgan fingerprint density at radius 3 is 2.43 bits per heavy atom. The predicted octanol–water partition coefficient (Wildman–Crippen LogP) is 3.25. The highest BCUT2D eigenvalue weighted by atomic mass is 19.4. The minimum atomic E-state index is -4.72. The normalized spacial score (nSPS) is 12.8. The van der Waals surface area contributed by atoms with Crippen molar-refractivity contribution in [3.63, 3.8) is 0 Å². The number of anilines is 1. The average Bonchev–Trinajstić information content (AvgIpc) is 2.73. The van der Waals surface area contributed by atoms with Gasteiger partial charge in [0.2, 0.25) is 0 Å². The van der Waals surface area contributed by atoms with Gasteiger partial charge < -0.3 is 19.7 Å². The molecule has 2 N–H and O–H groups in total. The summed E-state index contributed by atoms with van der Waals surface area (Å²) in [6.07, 6.45) is -2.74. The van der Waals surface area contributed by atoms with Crippen LogP contribution in [0.25, 0.3) is 10.9 Å². The van der Waals surface area contributed by atoms with Gasteiger partial charge in [-0.15, -0.1) is 0 Å². The average molecular weight is 496 g/mol. The number of allylic oxidation sites excluding steroid dienone is 2. The Labute approximate surface area is 199 Å². The molecule has 2 aromatic rings. The number of aromatic hydroxyl groups is 1. The predicted molar refractivity (Wildman–Crippen MR) is 126 cm³/mol. The van der Waals surface area contributed by atoms with Gasteiger partial charge in [0.15, 0.2) is 5.71 Å². The van der Waals surface area contributed by atoms with E-state index in [0.717, 1.165) is 15.7 Å². The number of hydrogen-bond acceptors (Lipinski definition) is 7. The van der Waals surface area contributed by atoms with Crippen LogP contribution in [0.1, 0.15) is 38.1 Å². The number of fused-ring (bicyclic) bond motifs is 1. The summed E-state index contributed by atoms with van der Waals surface area (Å²) >= 11 is 0. The van der Waals surface area contributed by atoms with Crippen LogP contribution in [0.4, 0.5) is 18.9 Å². The van der Waals surface area contributed by atoms with Crippen LogP contribution >= 0.6 is 0 Å². The highest BCUT2D eigenvalue weighted by Crippen LogP contribution is 2.33. The van der Waals surface area contributed by atoms with E-state index in [1.54, 1.807) is 20.8 Å². The van der Waals surface area contributed by atoms with Crippen molar-refractivity contribution >= 4 is 34.2 Å². The Hall–Kier alpha value is -3.83. The molecule has 0 radical (unpaired) electrons. The number of carbonyl (C=O) groups excluding carboxylic acids is 2. The van der Waals surface area contributed by atoms with Gasteiger partial charge in [-0.1, -0.05) is 12.1 Å². The number of nitrogens with one attached hydrogen (secondary N) is 1. The number of nitrogens with zero attached hydrogens (tertiary/aromatic N) is 3. The number of ether oxygens (including phenoxy) is 1. The number of pyridine rings is 1. The third-order valence-electron chi connectivity index (χ3n) is 4.62. The third-order valence-corrected chi connectivity index (χ3v) is 4.62. The Morgan fingerprint density at radius 2 is 1.89 bits per heavy atom. The fourth-order valence-electron chi connectivity index (χ4n) is 3.22. The standard InChI is InChI=1S/C23H27F3N4O5/c1-7-9-15(23(24,25)26)28-30(6)14-11-8-10-13-18(14)29(5)21(34)17(19(13)32)20(33)27-12-16(31)35-22(2,3)4/h7-11,32H,12H2,1-6H3,(H,27,33)/b9-7-,28-15+. The summed E-state index contributed by atoms with van der Waals surface area (Å²) in [6.45, 7) is 5.81. The van der Waals surface area contributed by atoms with Gasteiger partial charge in [0, 0.05) is 19.5 Å². The Kier molecular flexibility index (Phi) is 7.99. The van der Waals surface area contributed by atoms with Crippen molar-refractivity contribution in [1.29, 1.82) is 0 Å². The molecule has 0 unspecified atom stereocenters. The zero-order valence-corrected chi connectivity index (χ0v) is 20.1. The van der Waals surface area contributed by atoms with E-state index < -0.39 is 52.8 Å². The fourth-order valence-corrected chi connectivity index (χ4v) is 3.22. The SMILES string of the molecule is C/C=C\C(=N/N(C)c1cccc2c(O)c(C(=O)NCC(=O)OC(C)(C)C)c(=O)n(C)c12)C(F)(F)F. The monoisotopic (exact) mass is 496 g/mol. The highest BCUT2D eigenvalue weighted by Gasteiger charge is 2.34. The lowest BCUT2D eigenvalue weighted by atomic mass is 10.1. The molecule has 1 aromatic carbocycles. The fraction of sp³-hybridized carbons (Fsp3) is 0.391. The summed E-state index contributed by atoms with van der Waals surface area (Å²) in [5, 5.41) is 17.5. The van der Waals surface area contributed by atoms with Crippen molar-refractivity contribution in [3.8, 4) is 5.75 Å². The number of benzene rings is 1. The molecule has 0 atom stereocenters. The van der Waals surface area contributed by atoms with Crippen LogP contribution in [0.2, 0.25) is 0 Å². The second-order valence-electron chi connectivity index (χ2n) is 8.54. The van der Waals surface area contributed by atoms with Crippen LogP contribution < -0.4 is 15.9 Å². The molecule has 1 heterocycles. The zero-order valence-electron chi connectivity index (χ0n) is 20.1. The first-order chi connectivity index (χ1) is 16.1. The van der Waals surface area contributed by atoms with Crippen LogP contribution in [0.15, 0.2) is 40.2 Å². The number of esters is 1. The first kappa shape index (κ1) is 27.4. The van der Waals surface area contributed by atoms with Gasteiger partial charge in [0.05, 0.1) is 11.2 Å². The van der Waals surface area contributed by atoms with Crippen molar-refractivity contribution in [2.75, 3.05) is 18.6 Å². The molecule has 0 fully saturated rings. The van der Waals surface area contributed by atoms with E-state index >= 15 is 0 Å². The van der Waals surface area contributed by atoms with Gasteiger partial charge in [0.25, 0.3) is 11.5 Å². The lowest BCUT2D eigenvalue weighted by molar-refractivity contribution is -0.153. The molecule has 12 heteroatoms. The molecule has 35 heavy (non-hydrogen) atoms. The molecule has 0 aliphatic rings. The number of amides is 1. The van der Waals surface area contributed by atoms with Crippen molar-refractivity contribution in [1.82, 2.24) is 9.88 Å². The molecule has 1 aromatic heterocycles. The van der Waals surface area contributed by atoms with Gasteiger partial charge in [0.1, 0.15) is 23.5 Å². The molecule has 9 nitrogen and oxygen atoms in total. The van der Waals surface area contributed by atoms with Gasteiger partial charge in [-0.25, -0.2) is 0 Å². The van der Waals surface area contributed by atoms with E-state index in [4.69, 9.17) is 4.74 Å². The number of aryl methyl sites for hydroxylation is 1. The van der Waals surface area contributed by atoms with Gasteiger partial charge in [-0.3, -0.25) is 19.4 Å². The third kappa shape index (κ3) is 6.40. The van der Waals surface area contributed by atoms with Crippen LogP contribution in [-0.2, 0) is 16.6 Å². The van der Waals surface area contributed by atoms with Crippen LogP contribution in [0, 0.1) is 0 Å². The summed E-state index contributed by atoms with van der Waals surface area (Å²) < 4.78 is 46.0. The number of para-hydroxylation sites is 1. The quantitative estimate of drug-likeness (QED) is 0.361. The summed E-state index contributed by atoms with van der Waals surface area (Å²) in [5.41, 5.74) is -3.39. The minimum absolute atomic E-state index is 0.0219. The molecule has 190 valence electrons. The summed E-state index contributed by atoms with van der Waals surface area (Å²) in [5.74, 6) is -2.44. The van der Waals surface area contributed by atoms with Crippen LogP contribution in [-0.4, -0.2) is 52.6 Å². The smallest absolute Gasteiger partial charge is 0.435 e. The molecule has 0 spiro atoms. The first-order valence-corrected chi connectivity index (χ1v) is 10.5. The van der Waals surface area contributed by atoms with E-state index in [0.29, 0.717) is 0 Å². The maximum atomic E-state index is 13.3. The number of aromatic nitrogens is 1. The molecule has 0 aliphatic heterocycles. The van der Waals surface area contributed by atoms with Crippen molar-refractivity contribution < 1.29 is 32.6 Å². The molecule has 0 saturated heterocycles. The molecular weight excluding hydrogens is 469 g/mol. The molecule has 1 amide bonds. The van der Waals surface area contributed by atoms with Gasteiger partial charge in [-0.05, 0) is 45.9 Å². The number of hydrazone groups is 1. The van der Waals surface area contributed by atoms with Crippen molar-refractivity contribution in [3.05, 3.63) is 46.3 Å². The summed E-state index contributed by atoms with van der Waals surface area (Å²) in [7, 11) is 2.55. The van der Waals surface area contributed by atoms with E-state index in [9.17, 15) is 32.7 Å². The molecule has 0 saturated carbocycles. The topological polar surface area (TPSA) is 113 Å². The number of rotatable bonds is 6. The second kappa shape index (κ2) is 10.2. The van der Waals surface area contributed by atoms with E-state index in [1.165, 1.54) is 45.3 Å². The largest absolute Gasteiger partial charge is 0.506 e. The first-order valence-electron chi connectivity index (χ1n) is 10.5. The zero-order chi connectivity index (χ0) is 26.7. The Balaban J connectivity index is 2.55. The Bertz CT molecular complexity index is 1260. The van der Waals surface area contributed by atoms with Crippen molar-refractivity contribution in [2.45, 2.75) is 39.5 Å². The van der Waals surface area contributed by atoms with Gasteiger partial charge >= 0.3 is 12.1 Å². The van der Waals surface area contributed by atoms with Crippen molar-refractivity contribution in [2.24, 2.45) is 12.1 Å². The Morgan fingerprint density at radius 1 is 1.26 bits per heavy atom. The maximum absolute atomic E-state index is 13.3. The van der Waals surface area contributed by atoms with Crippen LogP contribution in [0.3, 0.4) is 0 Å². The maximum Gasteiger partial charge on any atom is 0.435 e. The molecule has 2 rings (SSSR count). The molecular formula is C23H27F3N4O5. The second-order valence-corrected chi connectivity index (χ2v) is 8.54. The number of alkyl halides is 3. The van der Waals surface area contributed by atoms with Crippen LogP contribution in [0.5, 0.6) is 5.75 Å². The summed E-state index contributed by atoms with van der Waals surface area (Å²) in [6, 6.07) is 4.24. The minimum Gasteiger partial charge on any atom is -0.506 e. The molecule has 0 aliphatic carbocycles. The lowest BCUT2D eigenvalue weighted by Crippen LogP contribution is -2.37. The molecule has 0 bridgehead atoms. The van der Waals surface area contributed by atoms with E-state index in [-0.39, 0.29) is 16.6 Å². The number of hydrogen-bond donors (Lipinski definition) is 2.